The Labute approximate surface area is 157 Å². The molecule has 0 fully saturated rings. The van der Waals surface area contributed by atoms with Gasteiger partial charge in [0.05, 0.1) is 0 Å². The maximum atomic E-state index is 10.0. The van der Waals surface area contributed by atoms with E-state index in [1.54, 1.807) is 0 Å². The molecule has 0 amide bonds. The van der Waals surface area contributed by atoms with Crippen LogP contribution in [-0.2, 0) is 14.4 Å². The summed E-state index contributed by atoms with van der Waals surface area (Å²) in [6, 6.07) is 0. The second-order valence-corrected chi connectivity index (χ2v) is 6.13. The van der Waals surface area contributed by atoms with Gasteiger partial charge in [-0.25, -0.2) is 0 Å². The van der Waals surface area contributed by atoms with Crippen molar-refractivity contribution < 1.29 is 14.4 Å². The molecule has 132 valence electrons. The molecule has 0 unspecified atom stereocenters. The number of halogens is 5. The Bertz CT molecular complexity index is 268. The van der Waals surface area contributed by atoms with Crippen LogP contribution in [0, 0.1) is 0 Å². The number of carbonyl (C=O) groups excluding carboxylic acids is 3. The minimum absolute atomic E-state index is 0.221. The number of hydrogen-bond donors (Lipinski definition) is 0. The normalized spacial score (nSPS) is 9.00. The standard InChI is InChI=1S/C5H8Cl2O.C5H9ClO.C4H6Cl2O/c6-4-2-1-3-5(7)8;1-2-3-4-5(6)7;5-3-1-2-4(6)7/h1-4H2;2-4H2,1H3;1-3H2. The summed E-state index contributed by atoms with van der Waals surface area (Å²) in [6.07, 6.45) is 5.70. The highest BCUT2D eigenvalue weighted by atomic mass is 35.5. The highest BCUT2D eigenvalue weighted by molar-refractivity contribution is 6.64. The molecule has 0 radical (unpaired) electrons. The molecule has 0 aromatic carbocycles. The monoisotopic (exact) mass is 414 g/mol. The zero-order valence-corrected chi connectivity index (χ0v) is 16.5. The largest absolute Gasteiger partial charge is 0.281 e. The van der Waals surface area contributed by atoms with Crippen LogP contribution < -0.4 is 0 Å². The van der Waals surface area contributed by atoms with Gasteiger partial charge in [-0.15, -0.1) is 23.2 Å². The Morgan fingerprint density at radius 3 is 1.23 bits per heavy atom. The van der Waals surface area contributed by atoms with Crippen molar-refractivity contribution in [1.29, 1.82) is 0 Å². The molecule has 0 spiro atoms. The first-order chi connectivity index (χ1) is 10.3. The van der Waals surface area contributed by atoms with Crippen molar-refractivity contribution in [3.8, 4) is 0 Å². The number of unbranched alkanes of at least 4 members (excludes halogenated alkanes) is 2. The van der Waals surface area contributed by atoms with Crippen LogP contribution in [0.3, 0.4) is 0 Å². The fourth-order valence-corrected chi connectivity index (χ4v) is 1.60. The lowest BCUT2D eigenvalue weighted by molar-refractivity contribution is -0.112. The minimum Gasteiger partial charge on any atom is -0.281 e. The third-order valence-corrected chi connectivity index (χ3v) is 3.09. The first-order valence-corrected chi connectivity index (χ1v) is 9.18. The molecule has 0 saturated carbocycles. The van der Waals surface area contributed by atoms with Gasteiger partial charge in [-0.2, -0.15) is 0 Å². The van der Waals surface area contributed by atoms with Gasteiger partial charge >= 0.3 is 0 Å². The molecule has 0 rings (SSSR count). The number of rotatable bonds is 10. The van der Waals surface area contributed by atoms with Gasteiger partial charge in [-0.3, -0.25) is 14.4 Å². The van der Waals surface area contributed by atoms with Crippen molar-refractivity contribution in [2.45, 2.75) is 58.3 Å². The summed E-state index contributed by atoms with van der Waals surface area (Å²) in [5.41, 5.74) is 0. The van der Waals surface area contributed by atoms with Crippen LogP contribution >= 0.6 is 58.0 Å². The molecule has 0 atom stereocenters. The quantitative estimate of drug-likeness (QED) is 0.254. The van der Waals surface area contributed by atoms with Gasteiger partial charge in [-0.1, -0.05) is 13.3 Å². The smallest absolute Gasteiger partial charge is 0.221 e. The number of hydrogen-bond acceptors (Lipinski definition) is 3. The first-order valence-electron chi connectivity index (χ1n) is 6.98. The highest BCUT2D eigenvalue weighted by Gasteiger charge is 1.93. The molecule has 0 aromatic heterocycles. The Hall–Kier alpha value is 0.460. The average molecular weight is 417 g/mol. The molecule has 0 saturated heterocycles. The lowest BCUT2D eigenvalue weighted by atomic mass is 10.3. The third-order valence-electron chi connectivity index (χ3n) is 1.99. The Morgan fingerprint density at radius 1 is 0.636 bits per heavy atom. The average Bonchev–Trinajstić information content (AvgIpc) is 2.44. The van der Waals surface area contributed by atoms with Gasteiger partial charge in [0.25, 0.3) is 0 Å². The second kappa shape index (κ2) is 23.7. The Balaban J connectivity index is -0.000000247. The predicted octanol–water partition coefficient (Wildman–Crippen LogP) is 5.87. The van der Waals surface area contributed by atoms with Crippen LogP contribution in [-0.4, -0.2) is 27.5 Å². The van der Waals surface area contributed by atoms with Gasteiger partial charge in [0.2, 0.25) is 15.7 Å². The fraction of sp³-hybridized carbons (Fsp3) is 0.786. The second-order valence-electron chi connectivity index (χ2n) is 4.11. The van der Waals surface area contributed by atoms with Crippen molar-refractivity contribution >= 4 is 73.7 Å². The maximum absolute atomic E-state index is 10.0. The van der Waals surface area contributed by atoms with Crippen molar-refractivity contribution in [3.05, 3.63) is 0 Å². The van der Waals surface area contributed by atoms with Gasteiger partial charge < -0.3 is 0 Å². The molecule has 0 aromatic rings. The molecular weight excluding hydrogens is 393 g/mol. The molecule has 22 heavy (non-hydrogen) atoms. The molecule has 0 aliphatic heterocycles. The molecule has 0 heterocycles. The summed E-state index contributed by atoms with van der Waals surface area (Å²) in [6.45, 7) is 2.03. The summed E-state index contributed by atoms with van der Waals surface area (Å²) >= 11 is 25.6. The maximum Gasteiger partial charge on any atom is 0.221 e. The van der Waals surface area contributed by atoms with Gasteiger partial charge in [0.1, 0.15) is 0 Å². The zero-order chi connectivity index (χ0) is 17.8. The molecule has 0 bridgehead atoms. The number of alkyl halides is 2. The van der Waals surface area contributed by atoms with E-state index in [9.17, 15) is 14.4 Å². The highest BCUT2D eigenvalue weighted by Crippen LogP contribution is 1.99. The van der Waals surface area contributed by atoms with Crippen molar-refractivity contribution in [2.75, 3.05) is 11.8 Å². The predicted molar refractivity (Wildman–Crippen MR) is 96.6 cm³/mol. The molecule has 0 N–H and O–H groups in total. The number of carbonyl (C=O) groups is 3. The molecule has 3 nitrogen and oxygen atoms in total. The molecular formula is C14H23Cl5O3. The van der Waals surface area contributed by atoms with Crippen molar-refractivity contribution in [1.82, 2.24) is 0 Å². The van der Waals surface area contributed by atoms with Crippen LogP contribution in [0.25, 0.3) is 0 Å². The third kappa shape index (κ3) is 42.8. The van der Waals surface area contributed by atoms with Crippen molar-refractivity contribution in [3.63, 3.8) is 0 Å². The van der Waals surface area contributed by atoms with E-state index in [0.29, 0.717) is 37.4 Å². The van der Waals surface area contributed by atoms with E-state index in [2.05, 4.69) is 0 Å². The summed E-state index contributed by atoms with van der Waals surface area (Å²) in [5.74, 6) is 1.13. The zero-order valence-electron chi connectivity index (χ0n) is 12.7. The summed E-state index contributed by atoms with van der Waals surface area (Å²) < 4.78 is 0. The molecule has 8 heteroatoms. The van der Waals surface area contributed by atoms with Crippen LogP contribution in [0.2, 0.25) is 0 Å². The topological polar surface area (TPSA) is 51.2 Å². The lowest BCUT2D eigenvalue weighted by Crippen LogP contribution is -1.85. The fourth-order valence-electron chi connectivity index (χ4n) is 0.880. The summed E-state index contributed by atoms with van der Waals surface area (Å²) in [7, 11) is 0. The van der Waals surface area contributed by atoms with Gasteiger partial charge in [-0.05, 0) is 60.5 Å². The van der Waals surface area contributed by atoms with Gasteiger partial charge in [0, 0.05) is 31.0 Å². The van der Waals surface area contributed by atoms with Crippen LogP contribution in [0.15, 0.2) is 0 Å². The molecule has 0 aliphatic carbocycles. The Kier molecular flexibility index (Phi) is 29.5. The van der Waals surface area contributed by atoms with Gasteiger partial charge in [0.15, 0.2) is 0 Å². The van der Waals surface area contributed by atoms with E-state index < -0.39 is 0 Å². The van der Waals surface area contributed by atoms with E-state index in [4.69, 9.17) is 58.0 Å². The summed E-state index contributed by atoms with van der Waals surface area (Å²) in [5, 5.41) is -0.794. The van der Waals surface area contributed by atoms with E-state index in [0.717, 1.165) is 25.7 Å². The molecule has 0 aliphatic rings. The van der Waals surface area contributed by atoms with E-state index in [-0.39, 0.29) is 15.7 Å². The summed E-state index contributed by atoms with van der Waals surface area (Å²) in [4.78, 5) is 29.9. The van der Waals surface area contributed by atoms with E-state index in [1.807, 2.05) is 6.92 Å². The Morgan fingerprint density at radius 2 is 1.00 bits per heavy atom. The first kappa shape index (κ1) is 27.3. The minimum atomic E-state index is -0.305. The SMILES string of the molecule is CCCCC(=O)Cl.O=C(Cl)CCCCCl.O=C(Cl)CCCCl. The van der Waals surface area contributed by atoms with E-state index >= 15 is 0 Å². The van der Waals surface area contributed by atoms with Crippen molar-refractivity contribution in [2.24, 2.45) is 0 Å². The van der Waals surface area contributed by atoms with E-state index in [1.165, 1.54) is 0 Å². The lowest BCUT2D eigenvalue weighted by Gasteiger charge is -1.88. The van der Waals surface area contributed by atoms with Crippen LogP contribution in [0.1, 0.15) is 58.3 Å². The van der Waals surface area contributed by atoms with Crippen LogP contribution in [0.5, 0.6) is 0 Å². The van der Waals surface area contributed by atoms with Crippen LogP contribution in [0.4, 0.5) is 0 Å².